The van der Waals surface area contributed by atoms with Gasteiger partial charge in [-0.15, -0.1) is 35.3 Å². The topological polar surface area (TPSA) is 30.9 Å². The average Bonchev–Trinajstić information content (AvgIpc) is 3.13. The molecule has 1 aromatic heterocycles. The first-order valence-electron chi connectivity index (χ1n) is 8.25. The lowest BCUT2D eigenvalue weighted by Crippen LogP contribution is -2.52. The van der Waals surface area contributed by atoms with Gasteiger partial charge < -0.3 is 15.1 Å². The van der Waals surface area contributed by atoms with E-state index >= 15 is 0 Å². The Labute approximate surface area is 169 Å². The van der Waals surface area contributed by atoms with E-state index < -0.39 is 0 Å². The van der Waals surface area contributed by atoms with Gasteiger partial charge in [0.25, 0.3) is 0 Å². The van der Waals surface area contributed by atoms with Gasteiger partial charge in [-0.2, -0.15) is 0 Å². The Kier molecular flexibility index (Phi) is 7.95. The Balaban J connectivity index is 0.00000225. The molecule has 0 atom stereocenters. The SMILES string of the molecule is CN=C(NCCc1cccs1)N1CCN(c2ccc(F)cc2)CC1.I. The van der Waals surface area contributed by atoms with Gasteiger partial charge in [0, 0.05) is 50.3 Å². The van der Waals surface area contributed by atoms with Crippen LogP contribution in [0.4, 0.5) is 10.1 Å². The molecule has 1 aliphatic heterocycles. The van der Waals surface area contributed by atoms with Gasteiger partial charge in [-0.3, -0.25) is 4.99 Å². The highest BCUT2D eigenvalue weighted by Crippen LogP contribution is 2.17. The molecule has 1 saturated heterocycles. The highest BCUT2D eigenvalue weighted by molar-refractivity contribution is 14.0. The first-order chi connectivity index (χ1) is 11.8. The quantitative estimate of drug-likeness (QED) is 0.419. The number of hydrogen-bond acceptors (Lipinski definition) is 3. The number of anilines is 1. The van der Waals surface area contributed by atoms with Crippen LogP contribution in [0.25, 0.3) is 0 Å². The lowest BCUT2D eigenvalue weighted by atomic mass is 10.2. The number of aliphatic imine (C=N–C) groups is 1. The van der Waals surface area contributed by atoms with Crippen molar-refractivity contribution in [1.82, 2.24) is 10.2 Å². The van der Waals surface area contributed by atoms with E-state index in [9.17, 15) is 4.39 Å². The van der Waals surface area contributed by atoms with E-state index in [1.54, 1.807) is 11.3 Å². The number of nitrogens with one attached hydrogen (secondary N) is 1. The van der Waals surface area contributed by atoms with Gasteiger partial charge in [0.05, 0.1) is 0 Å². The molecule has 25 heavy (non-hydrogen) atoms. The normalized spacial score (nSPS) is 15.0. The predicted octanol–water partition coefficient (Wildman–Crippen LogP) is 3.45. The Morgan fingerprint density at radius 1 is 1.16 bits per heavy atom. The van der Waals surface area contributed by atoms with Crippen LogP contribution in [0.2, 0.25) is 0 Å². The van der Waals surface area contributed by atoms with Gasteiger partial charge >= 0.3 is 0 Å². The molecule has 1 aromatic carbocycles. The van der Waals surface area contributed by atoms with Crippen molar-refractivity contribution in [3.8, 4) is 0 Å². The van der Waals surface area contributed by atoms with Crippen LogP contribution in [0.3, 0.4) is 0 Å². The van der Waals surface area contributed by atoms with Crippen molar-refractivity contribution in [2.24, 2.45) is 4.99 Å². The first kappa shape index (κ1) is 20.0. The maximum Gasteiger partial charge on any atom is 0.193 e. The lowest BCUT2D eigenvalue weighted by Gasteiger charge is -2.37. The van der Waals surface area contributed by atoms with E-state index in [-0.39, 0.29) is 29.8 Å². The molecule has 1 N–H and O–H groups in total. The molecule has 136 valence electrons. The molecule has 0 saturated carbocycles. The zero-order valence-corrected chi connectivity index (χ0v) is 17.5. The Hall–Kier alpha value is -1.35. The summed E-state index contributed by atoms with van der Waals surface area (Å²) in [6.45, 7) is 4.55. The van der Waals surface area contributed by atoms with Gasteiger partial charge in [0.2, 0.25) is 0 Å². The molecular formula is C18H24FIN4S. The molecule has 0 spiro atoms. The van der Waals surface area contributed by atoms with E-state index in [0.29, 0.717) is 0 Å². The zero-order chi connectivity index (χ0) is 16.8. The molecule has 1 fully saturated rings. The van der Waals surface area contributed by atoms with Crippen LogP contribution < -0.4 is 10.2 Å². The standard InChI is InChI=1S/C18H23FN4S.HI/c1-20-18(21-9-8-17-3-2-14-24-17)23-12-10-22(11-13-23)16-6-4-15(19)5-7-16;/h2-7,14H,8-13H2,1H3,(H,20,21);1H. The number of benzene rings is 1. The molecular weight excluding hydrogens is 450 g/mol. The number of halogens is 2. The number of hydrogen-bond donors (Lipinski definition) is 1. The molecule has 2 aromatic rings. The van der Waals surface area contributed by atoms with Crippen molar-refractivity contribution in [3.63, 3.8) is 0 Å². The van der Waals surface area contributed by atoms with Gasteiger partial charge in [0.15, 0.2) is 5.96 Å². The second-order valence-electron chi connectivity index (χ2n) is 5.75. The zero-order valence-electron chi connectivity index (χ0n) is 14.3. The van der Waals surface area contributed by atoms with Crippen LogP contribution in [0.5, 0.6) is 0 Å². The van der Waals surface area contributed by atoms with E-state index in [1.165, 1.54) is 17.0 Å². The Morgan fingerprint density at radius 2 is 1.88 bits per heavy atom. The third kappa shape index (κ3) is 5.57. The smallest absolute Gasteiger partial charge is 0.193 e. The first-order valence-corrected chi connectivity index (χ1v) is 9.13. The number of thiophene rings is 1. The van der Waals surface area contributed by atoms with Crippen LogP contribution >= 0.6 is 35.3 Å². The summed E-state index contributed by atoms with van der Waals surface area (Å²) < 4.78 is 13.0. The fourth-order valence-corrected chi connectivity index (χ4v) is 3.62. The van der Waals surface area contributed by atoms with Crippen LogP contribution in [0.1, 0.15) is 4.88 Å². The summed E-state index contributed by atoms with van der Waals surface area (Å²) in [6.07, 6.45) is 1.02. The number of rotatable bonds is 4. The minimum Gasteiger partial charge on any atom is -0.368 e. The summed E-state index contributed by atoms with van der Waals surface area (Å²) in [5.41, 5.74) is 1.08. The van der Waals surface area contributed by atoms with Crippen molar-refractivity contribution >= 4 is 47.0 Å². The van der Waals surface area contributed by atoms with Crippen molar-refractivity contribution in [3.05, 3.63) is 52.5 Å². The van der Waals surface area contributed by atoms with E-state index in [2.05, 4.69) is 37.6 Å². The maximum atomic E-state index is 13.0. The van der Waals surface area contributed by atoms with Gasteiger partial charge in [-0.25, -0.2) is 4.39 Å². The van der Waals surface area contributed by atoms with Crippen molar-refractivity contribution in [2.45, 2.75) is 6.42 Å². The summed E-state index contributed by atoms with van der Waals surface area (Å²) in [5, 5.41) is 5.56. The van der Waals surface area contributed by atoms with Crippen molar-refractivity contribution in [1.29, 1.82) is 0 Å². The second kappa shape index (κ2) is 9.96. The summed E-state index contributed by atoms with van der Waals surface area (Å²) >= 11 is 1.79. The fourth-order valence-electron chi connectivity index (χ4n) is 2.91. The van der Waals surface area contributed by atoms with E-state index in [0.717, 1.165) is 50.8 Å². The van der Waals surface area contributed by atoms with Gasteiger partial charge in [-0.1, -0.05) is 6.07 Å². The number of piperazine rings is 1. The van der Waals surface area contributed by atoms with Crippen LogP contribution in [0.15, 0.2) is 46.8 Å². The Morgan fingerprint density at radius 3 is 2.48 bits per heavy atom. The van der Waals surface area contributed by atoms with Crippen LogP contribution in [0, 0.1) is 5.82 Å². The van der Waals surface area contributed by atoms with Crippen LogP contribution in [-0.2, 0) is 6.42 Å². The second-order valence-corrected chi connectivity index (χ2v) is 6.79. The van der Waals surface area contributed by atoms with E-state index in [1.807, 2.05) is 19.2 Å². The molecule has 4 nitrogen and oxygen atoms in total. The molecule has 0 aliphatic carbocycles. The van der Waals surface area contributed by atoms with E-state index in [4.69, 9.17) is 0 Å². The predicted molar refractivity (Wildman–Crippen MR) is 115 cm³/mol. The molecule has 0 unspecified atom stereocenters. The third-order valence-corrected chi connectivity index (χ3v) is 5.15. The summed E-state index contributed by atoms with van der Waals surface area (Å²) in [5.74, 6) is 0.776. The monoisotopic (exact) mass is 474 g/mol. The molecule has 0 amide bonds. The molecule has 1 aliphatic rings. The van der Waals surface area contributed by atoms with Crippen LogP contribution in [-0.4, -0.2) is 50.6 Å². The molecule has 3 rings (SSSR count). The fraction of sp³-hybridized carbons (Fsp3) is 0.389. The molecule has 7 heteroatoms. The number of nitrogens with zero attached hydrogens (tertiary/aromatic N) is 3. The van der Waals surface area contributed by atoms with Gasteiger partial charge in [0.1, 0.15) is 5.82 Å². The van der Waals surface area contributed by atoms with Gasteiger partial charge in [-0.05, 0) is 42.1 Å². The third-order valence-electron chi connectivity index (χ3n) is 4.22. The Bertz CT molecular complexity index is 652. The van der Waals surface area contributed by atoms with Crippen molar-refractivity contribution < 1.29 is 4.39 Å². The summed E-state index contributed by atoms with van der Waals surface area (Å²) in [4.78, 5) is 10.4. The average molecular weight is 474 g/mol. The summed E-state index contributed by atoms with van der Waals surface area (Å²) in [7, 11) is 1.83. The van der Waals surface area contributed by atoms with Crippen molar-refractivity contribution in [2.75, 3.05) is 44.7 Å². The molecule has 0 radical (unpaired) electrons. The molecule has 0 bridgehead atoms. The lowest BCUT2D eigenvalue weighted by molar-refractivity contribution is 0.373. The minimum atomic E-state index is -0.187. The maximum absolute atomic E-state index is 13.0. The summed E-state index contributed by atoms with van der Waals surface area (Å²) in [6, 6.07) is 11.0. The minimum absolute atomic E-state index is 0. The molecule has 2 heterocycles. The largest absolute Gasteiger partial charge is 0.368 e. The highest BCUT2D eigenvalue weighted by atomic mass is 127. The highest BCUT2D eigenvalue weighted by Gasteiger charge is 2.19. The number of guanidine groups is 1.